The van der Waals surface area contributed by atoms with E-state index < -0.39 is 38.8 Å². The minimum atomic E-state index is -5.10. The van der Waals surface area contributed by atoms with Crippen molar-refractivity contribution < 1.29 is 26.9 Å². The molecule has 0 spiro atoms. The van der Waals surface area contributed by atoms with Crippen molar-refractivity contribution in [1.29, 1.82) is 0 Å². The molecule has 0 radical (unpaired) electrons. The number of nitro groups is 1. The maximum absolute atomic E-state index is 12.5. The molecule has 0 aromatic heterocycles. The second-order valence-corrected chi connectivity index (χ2v) is 3.71. The van der Waals surface area contributed by atoms with Crippen LogP contribution in [0.25, 0.3) is 0 Å². The van der Waals surface area contributed by atoms with Crippen LogP contribution in [-0.2, 0) is 6.18 Å². The Morgan fingerprint density at radius 1 is 1.29 bits per heavy atom. The molecule has 0 atom stereocenters. The molecule has 0 amide bonds. The first-order chi connectivity index (χ1) is 7.66. The van der Waals surface area contributed by atoms with Gasteiger partial charge in [-0.15, -0.1) is 0 Å². The van der Waals surface area contributed by atoms with Gasteiger partial charge >= 0.3 is 6.18 Å². The number of nitro benzene ring substituents is 1. The lowest BCUT2D eigenvalue weighted by Gasteiger charge is -2.14. The molecule has 0 N–H and O–H groups in total. The Balaban J connectivity index is 3.59. The van der Waals surface area contributed by atoms with Crippen LogP contribution >= 0.6 is 15.9 Å². The topological polar surface area (TPSA) is 43.1 Å². The summed E-state index contributed by atoms with van der Waals surface area (Å²) in [7, 11) is 0. The third-order valence-corrected chi connectivity index (χ3v) is 2.67. The molecule has 0 unspecified atom stereocenters. The van der Waals surface area contributed by atoms with E-state index in [9.17, 15) is 32.1 Å². The molecule has 0 heterocycles. The minimum absolute atomic E-state index is 0.399. The van der Waals surface area contributed by atoms with Gasteiger partial charge in [0.25, 0.3) is 12.1 Å². The van der Waals surface area contributed by atoms with E-state index in [1.807, 2.05) is 0 Å². The van der Waals surface area contributed by atoms with Crippen LogP contribution in [-0.4, -0.2) is 4.92 Å². The van der Waals surface area contributed by atoms with E-state index in [2.05, 4.69) is 15.9 Å². The summed E-state index contributed by atoms with van der Waals surface area (Å²) < 4.78 is 61.3. The molecule has 17 heavy (non-hydrogen) atoms. The van der Waals surface area contributed by atoms with Gasteiger partial charge in [-0.3, -0.25) is 10.1 Å². The Labute approximate surface area is 99.5 Å². The van der Waals surface area contributed by atoms with Crippen molar-refractivity contribution in [3.63, 3.8) is 0 Å². The molecule has 1 aromatic rings. The zero-order chi connectivity index (χ0) is 13.4. The molecule has 9 heteroatoms. The fourth-order valence-corrected chi connectivity index (χ4v) is 1.92. The monoisotopic (exact) mass is 319 g/mol. The molecule has 1 rings (SSSR count). The highest BCUT2D eigenvalue weighted by molar-refractivity contribution is 9.10. The standard InChI is InChI=1S/C8H3BrF5NO2/c9-6-4(15(16)17)2-1-3(7(10)11)5(6)8(12,13)14/h1-2,7H. The smallest absolute Gasteiger partial charge is 0.258 e. The molecule has 0 saturated heterocycles. The number of halogens is 6. The predicted octanol–water partition coefficient (Wildman–Crippen LogP) is 4.31. The van der Waals surface area contributed by atoms with Crippen LogP contribution in [0, 0.1) is 10.1 Å². The van der Waals surface area contributed by atoms with Gasteiger partial charge in [-0.2, -0.15) is 13.2 Å². The summed E-state index contributed by atoms with van der Waals surface area (Å²) in [6, 6.07) is 0.997. The van der Waals surface area contributed by atoms with Crippen molar-refractivity contribution in [1.82, 2.24) is 0 Å². The van der Waals surface area contributed by atoms with Crippen molar-refractivity contribution in [2.75, 3.05) is 0 Å². The lowest BCUT2D eigenvalue weighted by Crippen LogP contribution is -2.12. The van der Waals surface area contributed by atoms with Crippen molar-refractivity contribution in [2.24, 2.45) is 0 Å². The van der Waals surface area contributed by atoms with Crippen molar-refractivity contribution in [3.8, 4) is 0 Å². The molecule has 0 aliphatic heterocycles. The van der Waals surface area contributed by atoms with Crippen LogP contribution in [0.1, 0.15) is 17.6 Å². The fraction of sp³-hybridized carbons (Fsp3) is 0.250. The van der Waals surface area contributed by atoms with E-state index in [0.717, 1.165) is 0 Å². The van der Waals surface area contributed by atoms with Gasteiger partial charge in [0.15, 0.2) is 0 Å². The Bertz CT molecular complexity index is 460. The highest BCUT2D eigenvalue weighted by atomic mass is 79.9. The van der Waals surface area contributed by atoms with E-state index in [1.54, 1.807) is 0 Å². The van der Waals surface area contributed by atoms with E-state index in [-0.39, 0.29) is 0 Å². The average molecular weight is 320 g/mol. The Morgan fingerprint density at radius 3 is 2.18 bits per heavy atom. The lowest BCUT2D eigenvalue weighted by atomic mass is 10.1. The zero-order valence-electron chi connectivity index (χ0n) is 7.76. The third kappa shape index (κ3) is 2.71. The van der Waals surface area contributed by atoms with Gasteiger partial charge in [-0.25, -0.2) is 8.78 Å². The van der Waals surface area contributed by atoms with E-state index >= 15 is 0 Å². The summed E-state index contributed by atoms with van der Waals surface area (Å²) in [4.78, 5) is 9.31. The molecule has 0 aliphatic carbocycles. The minimum Gasteiger partial charge on any atom is -0.258 e. The third-order valence-electron chi connectivity index (χ3n) is 1.87. The quantitative estimate of drug-likeness (QED) is 0.463. The number of alkyl halides is 5. The largest absolute Gasteiger partial charge is 0.418 e. The van der Waals surface area contributed by atoms with Crippen molar-refractivity contribution in [3.05, 3.63) is 37.8 Å². The Morgan fingerprint density at radius 2 is 1.82 bits per heavy atom. The van der Waals surface area contributed by atoms with Crippen LogP contribution in [0.3, 0.4) is 0 Å². The van der Waals surface area contributed by atoms with Crippen LogP contribution in [0.2, 0.25) is 0 Å². The highest BCUT2D eigenvalue weighted by Crippen LogP contribution is 2.44. The Hall–Kier alpha value is -1.25. The fourth-order valence-electron chi connectivity index (χ4n) is 1.19. The summed E-state index contributed by atoms with van der Waals surface area (Å²) in [6.07, 6.45) is -8.47. The first-order valence-electron chi connectivity index (χ1n) is 3.98. The number of hydrogen-bond acceptors (Lipinski definition) is 2. The van der Waals surface area contributed by atoms with E-state index in [1.165, 1.54) is 0 Å². The SMILES string of the molecule is O=[N+]([O-])c1ccc(C(F)F)c(C(F)(F)F)c1Br. The highest BCUT2D eigenvalue weighted by Gasteiger charge is 2.40. The molecule has 3 nitrogen and oxygen atoms in total. The van der Waals surface area contributed by atoms with Gasteiger partial charge in [-0.05, 0) is 22.0 Å². The summed E-state index contributed by atoms with van der Waals surface area (Å²) in [5.74, 6) is 0. The number of nitrogens with zero attached hydrogens (tertiary/aromatic N) is 1. The van der Waals surface area contributed by atoms with Gasteiger partial charge in [-0.1, -0.05) is 0 Å². The number of benzene rings is 1. The molecule has 0 fully saturated rings. The Kier molecular flexibility index (Phi) is 3.70. The van der Waals surface area contributed by atoms with Crippen LogP contribution in [0.15, 0.2) is 16.6 Å². The summed E-state index contributed by atoms with van der Waals surface area (Å²) in [5.41, 5.74) is -3.93. The van der Waals surface area contributed by atoms with E-state index in [4.69, 9.17) is 0 Å². The summed E-state index contributed by atoms with van der Waals surface area (Å²) in [6.45, 7) is 0. The van der Waals surface area contributed by atoms with Crippen LogP contribution in [0.4, 0.5) is 27.6 Å². The predicted molar refractivity (Wildman–Crippen MR) is 50.8 cm³/mol. The molecular weight excluding hydrogens is 317 g/mol. The molecule has 0 saturated carbocycles. The van der Waals surface area contributed by atoms with Gasteiger partial charge in [0.1, 0.15) is 4.47 Å². The molecular formula is C8H3BrF5NO2. The lowest BCUT2D eigenvalue weighted by molar-refractivity contribution is -0.386. The number of hydrogen-bond donors (Lipinski definition) is 0. The van der Waals surface area contributed by atoms with Crippen molar-refractivity contribution in [2.45, 2.75) is 12.6 Å². The maximum Gasteiger partial charge on any atom is 0.418 e. The van der Waals surface area contributed by atoms with Gasteiger partial charge in [0, 0.05) is 11.6 Å². The second kappa shape index (κ2) is 4.55. The van der Waals surface area contributed by atoms with Gasteiger partial charge in [0.05, 0.1) is 10.5 Å². The van der Waals surface area contributed by atoms with Crippen LogP contribution in [0.5, 0.6) is 0 Å². The normalized spacial score (nSPS) is 11.9. The van der Waals surface area contributed by atoms with Gasteiger partial charge in [0.2, 0.25) is 0 Å². The summed E-state index contributed by atoms with van der Waals surface area (Å²) >= 11 is 2.34. The molecule has 94 valence electrons. The first-order valence-corrected chi connectivity index (χ1v) is 4.77. The molecule has 0 aliphatic rings. The molecule has 0 bridgehead atoms. The average Bonchev–Trinajstić information content (AvgIpc) is 2.14. The first kappa shape index (κ1) is 13.8. The second-order valence-electron chi connectivity index (χ2n) is 2.92. The van der Waals surface area contributed by atoms with Gasteiger partial charge < -0.3 is 0 Å². The van der Waals surface area contributed by atoms with Crippen LogP contribution < -0.4 is 0 Å². The maximum atomic E-state index is 12.5. The van der Waals surface area contributed by atoms with E-state index in [0.29, 0.717) is 12.1 Å². The summed E-state index contributed by atoms with van der Waals surface area (Å²) in [5, 5.41) is 10.4. The zero-order valence-corrected chi connectivity index (χ0v) is 9.35. The molecule has 1 aromatic carbocycles. The van der Waals surface area contributed by atoms with Crippen molar-refractivity contribution >= 4 is 21.6 Å². The number of rotatable bonds is 2.